The second-order valence-electron chi connectivity index (χ2n) is 7.25. The summed E-state index contributed by atoms with van der Waals surface area (Å²) in [6, 6.07) is 7.25. The Bertz CT molecular complexity index is 744. The molecule has 1 aromatic carbocycles. The number of piperidine rings is 1. The van der Waals surface area contributed by atoms with Crippen LogP contribution >= 0.6 is 11.6 Å². The second kappa shape index (κ2) is 9.36. The average molecular weight is 390 g/mol. The van der Waals surface area contributed by atoms with Gasteiger partial charge in [-0.3, -0.25) is 4.79 Å². The predicted molar refractivity (Wildman–Crippen MR) is 106 cm³/mol. The van der Waals surface area contributed by atoms with E-state index in [4.69, 9.17) is 16.1 Å². The Morgan fingerprint density at radius 2 is 2.07 bits per heavy atom. The molecule has 1 fully saturated rings. The van der Waals surface area contributed by atoms with Gasteiger partial charge in [-0.05, 0) is 56.4 Å². The highest BCUT2D eigenvalue weighted by Gasteiger charge is 2.34. The van der Waals surface area contributed by atoms with Crippen molar-refractivity contribution >= 4 is 17.5 Å². The third-order valence-corrected chi connectivity index (χ3v) is 5.62. The maximum Gasteiger partial charge on any atom is 0.249 e. The second-order valence-corrected chi connectivity index (χ2v) is 7.69. The van der Waals surface area contributed by atoms with Crippen LogP contribution in [0, 0.1) is 5.92 Å². The van der Waals surface area contributed by atoms with Crippen LogP contribution in [0.25, 0.3) is 11.4 Å². The summed E-state index contributed by atoms with van der Waals surface area (Å²) in [6.45, 7) is 5.03. The number of nitrogens with zero attached hydrogens (tertiary/aromatic N) is 3. The maximum atomic E-state index is 13.2. The highest BCUT2D eigenvalue weighted by atomic mass is 35.5. The molecule has 0 aliphatic carbocycles. The molecule has 0 bridgehead atoms. The highest BCUT2D eigenvalue weighted by Crippen LogP contribution is 2.33. The number of benzene rings is 1. The van der Waals surface area contributed by atoms with Crippen molar-refractivity contribution in [1.29, 1.82) is 0 Å². The molecule has 2 unspecified atom stereocenters. The minimum Gasteiger partial charge on any atom is -0.337 e. The molecule has 0 N–H and O–H groups in total. The van der Waals surface area contributed by atoms with Gasteiger partial charge in [-0.15, -0.1) is 0 Å². The van der Waals surface area contributed by atoms with Crippen LogP contribution in [-0.2, 0) is 4.79 Å². The van der Waals surface area contributed by atoms with Crippen LogP contribution in [0.15, 0.2) is 28.8 Å². The van der Waals surface area contributed by atoms with Crippen molar-refractivity contribution in [2.75, 3.05) is 6.54 Å². The van der Waals surface area contributed by atoms with Crippen LogP contribution in [0.1, 0.15) is 70.7 Å². The van der Waals surface area contributed by atoms with Crippen LogP contribution in [0.2, 0.25) is 5.02 Å². The normalized spacial score (nSPS) is 18.5. The van der Waals surface area contributed by atoms with Crippen LogP contribution in [-0.4, -0.2) is 27.5 Å². The summed E-state index contributed by atoms with van der Waals surface area (Å²) in [7, 11) is 0. The Kier molecular flexibility index (Phi) is 6.89. The van der Waals surface area contributed by atoms with Crippen molar-refractivity contribution in [3.05, 3.63) is 35.2 Å². The Labute approximate surface area is 166 Å². The molecule has 27 heavy (non-hydrogen) atoms. The molecular weight excluding hydrogens is 362 g/mol. The first-order valence-electron chi connectivity index (χ1n) is 10.0. The summed E-state index contributed by atoms with van der Waals surface area (Å²) < 4.78 is 5.58. The van der Waals surface area contributed by atoms with Gasteiger partial charge in [0.2, 0.25) is 17.6 Å². The van der Waals surface area contributed by atoms with Gasteiger partial charge in [0.15, 0.2) is 0 Å². The van der Waals surface area contributed by atoms with Crippen molar-refractivity contribution in [3.63, 3.8) is 0 Å². The van der Waals surface area contributed by atoms with Crippen molar-refractivity contribution in [3.8, 4) is 11.4 Å². The van der Waals surface area contributed by atoms with Gasteiger partial charge in [0, 0.05) is 23.0 Å². The molecule has 3 rings (SSSR count). The third-order valence-electron chi connectivity index (χ3n) is 5.36. The number of hydrogen-bond donors (Lipinski definition) is 0. The molecule has 1 amide bonds. The number of unbranched alkanes of at least 4 members (excludes halogenated alkanes) is 1. The number of amides is 1. The van der Waals surface area contributed by atoms with E-state index in [9.17, 15) is 4.79 Å². The van der Waals surface area contributed by atoms with E-state index < -0.39 is 0 Å². The van der Waals surface area contributed by atoms with E-state index in [1.54, 1.807) is 0 Å². The number of rotatable bonds is 7. The van der Waals surface area contributed by atoms with Crippen molar-refractivity contribution in [1.82, 2.24) is 15.0 Å². The zero-order chi connectivity index (χ0) is 19.2. The van der Waals surface area contributed by atoms with E-state index in [2.05, 4.69) is 24.0 Å². The quantitative estimate of drug-likeness (QED) is 0.613. The molecule has 1 aliphatic rings. The molecular formula is C21H28ClN3O2. The maximum absolute atomic E-state index is 13.2. The molecule has 6 heteroatoms. The van der Waals surface area contributed by atoms with Gasteiger partial charge in [-0.25, -0.2) is 0 Å². The van der Waals surface area contributed by atoms with Crippen molar-refractivity contribution in [2.24, 2.45) is 5.92 Å². The molecule has 0 spiro atoms. The average Bonchev–Trinajstić information content (AvgIpc) is 3.19. The van der Waals surface area contributed by atoms with E-state index in [0.717, 1.165) is 57.1 Å². The minimum absolute atomic E-state index is 0.0872. The van der Waals surface area contributed by atoms with E-state index in [-0.39, 0.29) is 17.9 Å². The number of aromatic nitrogens is 2. The van der Waals surface area contributed by atoms with Crippen LogP contribution in [0.5, 0.6) is 0 Å². The van der Waals surface area contributed by atoms with E-state index in [0.29, 0.717) is 16.7 Å². The zero-order valence-electron chi connectivity index (χ0n) is 16.2. The van der Waals surface area contributed by atoms with Gasteiger partial charge in [0.1, 0.15) is 6.04 Å². The number of carbonyl (C=O) groups is 1. The van der Waals surface area contributed by atoms with Crippen LogP contribution < -0.4 is 0 Å². The van der Waals surface area contributed by atoms with Gasteiger partial charge < -0.3 is 9.42 Å². The zero-order valence-corrected chi connectivity index (χ0v) is 16.9. The molecule has 2 atom stereocenters. The first kappa shape index (κ1) is 19.9. The summed E-state index contributed by atoms with van der Waals surface area (Å²) in [6.07, 6.45) is 7.00. The Balaban J connectivity index is 1.79. The van der Waals surface area contributed by atoms with Gasteiger partial charge in [0.05, 0.1) is 0 Å². The van der Waals surface area contributed by atoms with Gasteiger partial charge in [-0.1, -0.05) is 43.4 Å². The number of likely N-dealkylation sites (tertiary alicyclic amines) is 1. The van der Waals surface area contributed by atoms with Crippen LogP contribution in [0.4, 0.5) is 0 Å². The Morgan fingerprint density at radius 1 is 1.30 bits per heavy atom. The summed E-state index contributed by atoms with van der Waals surface area (Å²) in [5.41, 5.74) is 0.859. The molecule has 0 radical (unpaired) electrons. The molecule has 2 heterocycles. The first-order chi connectivity index (χ1) is 13.1. The summed E-state index contributed by atoms with van der Waals surface area (Å²) >= 11 is 5.95. The lowest BCUT2D eigenvalue weighted by atomic mass is 9.94. The number of halogens is 1. The Morgan fingerprint density at radius 3 is 2.78 bits per heavy atom. The molecule has 146 valence electrons. The summed E-state index contributed by atoms with van der Waals surface area (Å²) in [5.74, 6) is 1.40. The van der Waals surface area contributed by atoms with Gasteiger partial charge in [-0.2, -0.15) is 4.98 Å². The standard InChI is InChI=1S/C21H28ClN3O2/c1-3-5-8-15(4-2)21(26)25-14-7-6-9-18(25)20-23-19(24-27-20)16-10-12-17(22)13-11-16/h10-13,15,18H,3-9,14H2,1-2H3. The Hall–Kier alpha value is -1.88. The predicted octanol–water partition coefficient (Wildman–Crippen LogP) is 5.66. The van der Waals surface area contributed by atoms with E-state index in [1.165, 1.54) is 0 Å². The molecule has 1 aromatic heterocycles. The largest absolute Gasteiger partial charge is 0.337 e. The molecule has 1 aliphatic heterocycles. The topological polar surface area (TPSA) is 59.2 Å². The number of hydrogen-bond acceptors (Lipinski definition) is 4. The fourth-order valence-corrected chi connectivity index (χ4v) is 3.85. The monoisotopic (exact) mass is 389 g/mol. The summed E-state index contributed by atoms with van der Waals surface area (Å²) in [5, 5.41) is 4.80. The van der Waals surface area contributed by atoms with Crippen molar-refractivity contribution < 1.29 is 9.32 Å². The smallest absolute Gasteiger partial charge is 0.249 e. The molecule has 0 saturated carbocycles. The van der Waals surface area contributed by atoms with E-state index >= 15 is 0 Å². The molecule has 1 saturated heterocycles. The third kappa shape index (κ3) is 4.70. The SMILES string of the molecule is CCCCC(CC)C(=O)N1CCCCC1c1nc(-c2ccc(Cl)cc2)no1. The van der Waals surface area contributed by atoms with Crippen LogP contribution in [0.3, 0.4) is 0 Å². The van der Waals surface area contributed by atoms with Gasteiger partial charge >= 0.3 is 0 Å². The first-order valence-corrected chi connectivity index (χ1v) is 10.4. The van der Waals surface area contributed by atoms with Gasteiger partial charge in [0.25, 0.3) is 0 Å². The lowest BCUT2D eigenvalue weighted by Gasteiger charge is -2.35. The molecule has 5 nitrogen and oxygen atoms in total. The lowest BCUT2D eigenvalue weighted by molar-refractivity contribution is -0.140. The fourth-order valence-electron chi connectivity index (χ4n) is 3.73. The van der Waals surface area contributed by atoms with Crippen molar-refractivity contribution in [2.45, 2.75) is 64.8 Å². The highest BCUT2D eigenvalue weighted by molar-refractivity contribution is 6.30. The fraction of sp³-hybridized carbons (Fsp3) is 0.571. The molecule has 2 aromatic rings. The van der Waals surface area contributed by atoms with E-state index in [1.807, 2.05) is 29.2 Å². The minimum atomic E-state index is -0.115. The summed E-state index contributed by atoms with van der Waals surface area (Å²) in [4.78, 5) is 19.7. The lowest BCUT2D eigenvalue weighted by Crippen LogP contribution is -2.42. The number of carbonyl (C=O) groups excluding carboxylic acids is 1.